The van der Waals surface area contributed by atoms with Gasteiger partial charge in [0.25, 0.3) is 0 Å². The summed E-state index contributed by atoms with van der Waals surface area (Å²) in [4.78, 5) is 14.4. The van der Waals surface area contributed by atoms with Gasteiger partial charge in [0.15, 0.2) is 0 Å². The van der Waals surface area contributed by atoms with E-state index in [1.807, 2.05) is 60.7 Å². The van der Waals surface area contributed by atoms with Crippen molar-refractivity contribution in [3.05, 3.63) is 88.9 Å². The number of likely N-dealkylation sites (N-methyl/N-ethyl adjacent to an activating group) is 1. The Morgan fingerprint density at radius 2 is 1.26 bits per heavy atom. The number of halogens is 2. The van der Waals surface area contributed by atoms with Crippen LogP contribution in [0.25, 0.3) is 22.5 Å². The molecule has 7 heteroatoms. The molecule has 1 aliphatic heterocycles. The van der Waals surface area contributed by atoms with E-state index < -0.39 is 0 Å². The first-order chi connectivity index (χ1) is 16.5. The molecule has 1 aliphatic rings. The molecule has 5 rings (SSSR count). The topological polar surface area (TPSA) is 44.3 Å². The van der Waals surface area contributed by atoms with Gasteiger partial charge in [0.2, 0.25) is 5.95 Å². The molecule has 0 unspecified atom stereocenters. The number of anilines is 3. The fourth-order valence-electron chi connectivity index (χ4n) is 4.01. The highest BCUT2D eigenvalue weighted by Crippen LogP contribution is 2.29. The first kappa shape index (κ1) is 22.7. The molecular formula is C27H25Cl2N5. The third-order valence-corrected chi connectivity index (χ3v) is 6.48. The van der Waals surface area contributed by atoms with Crippen LogP contribution in [0.4, 0.5) is 17.3 Å². The van der Waals surface area contributed by atoms with Crippen molar-refractivity contribution in [1.82, 2.24) is 14.9 Å². The van der Waals surface area contributed by atoms with Crippen molar-refractivity contribution in [1.29, 1.82) is 0 Å². The number of hydrogen-bond acceptors (Lipinski definition) is 5. The molecule has 2 heterocycles. The van der Waals surface area contributed by atoms with Crippen LogP contribution in [-0.2, 0) is 0 Å². The van der Waals surface area contributed by atoms with Gasteiger partial charge in [0.05, 0.1) is 11.4 Å². The third kappa shape index (κ3) is 5.33. The molecule has 1 N–H and O–H groups in total. The van der Waals surface area contributed by atoms with E-state index in [-0.39, 0.29) is 0 Å². The Balaban J connectivity index is 1.49. The summed E-state index contributed by atoms with van der Waals surface area (Å²) in [7, 11) is 2.17. The molecule has 3 aromatic carbocycles. The first-order valence-corrected chi connectivity index (χ1v) is 12.0. The van der Waals surface area contributed by atoms with E-state index in [2.05, 4.69) is 40.4 Å². The average Bonchev–Trinajstić information content (AvgIpc) is 2.85. The van der Waals surface area contributed by atoms with Crippen molar-refractivity contribution in [3.8, 4) is 22.5 Å². The monoisotopic (exact) mass is 489 g/mol. The molecule has 0 saturated carbocycles. The number of hydrogen-bond donors (Lipinski definition) is 1. The van der Waals surface area contributed by atoms with E-state index in [0.29, 0.717) is 16.0 Å². The lowest BCUT2D eigenvalue weighted by atomic mass is 10.1. The molecule has 0 aliphatic carbocycles. The number of nitrogens with one attached hydrogen (secondary N) is 1. The van der Waals surface area contributed by atoms with Gasteiger partial charge < -0.3 is 15.1 Å². The maximum Gasteiger partial charge on any atom is 0.228 e. The van der Waals surface area contributed by atoms with Gasteiger partial charge in [-0.05, 0) is 55.6 Å². The molecule has 0 amide bonds. The lowest BCUT2D eigenvalue weighted by Gasteiger charge is -2.34. The van der Waals surface area contributed by atoms with Crippen LogP contribution in [0.2, 0.25) is 10.0 Å². The van der Waals surface area contributed by atoms with E-state index >= 15 is 0 Å². The smallest absolute Gasteiger partial charge is 0.228 e. The summed E-state index contributed by atoms with van der Waals surface area (Å²) >= 11 is 12.2. The molecule has 34 heavy (non-hydrogen) atoms. The standard InChI is InChI=1S/C27H25Cl2N5/c1-33-13-15-34(16-14-33)24-4-2-3-23(17-24)30-27-31-25(19-5-9-21(28)10-6-19)18-26(32-27)20-7-11-22(29)12-8-20/h2-12,17-18H,13-16H2,1H3,(H,30,31,32). The van der Waals surface area contributed by atoms with Crippen LogP contribution in [0.3, 0.4) is 0 Å². The minimum Gasteiger partial charge on any atom is -0.369 e. The van der Waals surface area contributed by atoms with Gasteiger partial charge in [-0.1, -0.05) is 53.5 Å². The third-order valence-electron chi connectivity index (χ3n) is 5.98. The molecule has 1 fully saturated rings. The van der Waals surface area contributed by atoms with Crippen LogP contribution in [0.15, 0.2) is 78.9 Å². The van der Waals surface area contributed by atoms with Crippen molar-refractivity contribution in [3.63, 3.8) is 0 Å². The van der Waals surface area contributed by atoms with Gasteiger partial charge in [-0.25, -0.2) is 9.97 Å². The van der Waals surface area contributed by atoms with Crippen LogP contribution in [-0.4, -0.2) is 48.1 Å². The lowest BCUT2D eigenvalue weighted by molar-refractivity contribution is 0.313. The van der Waals surface area contributed by atoms with Gasteiger partial charge in [-0.3, -0.25) is 0 Å². The number of benzene rings is 3. The van der Waals surface area contributed by atoms with E-state index in [4.69, 9.17) is 33.2 Å². The van der Waals surface area contributed by atoms with Gasteiger partial charge in [0.1, 0.15) is 0 Å². The summed E-state index contributed by atoms with van der Waals surface area (Å²) in [5, 5.41) is 4.80. The molecule has 1 saturated heterocycles. The number of nitrogens with zero attached hydrogens (tertiary/aromatic N) is 4. The molecule has 0 bridgehead atoms. The molecule has 0 spiro atoms. The van der Waals surface area contributed by atoms with Gasteiger partial charge in [0, 0.05) is 58.7 Å². The normalized spacial score (nSPS) is 14.3. The largest absolute Gasteiger partial charge is 0.369 e. The predicted molar refractivity (Wildman–Crippen MR) is 142 cm³/mol. The zero-order valence-corrected chi connectivity index (χ0v) is 20.4. The Kier molecular flexibility index (Phi) is 6.68. The summed E-state index contributed by atoms with van der Waals surface area (Å²) < 4.78 is 0. The number of piperazine rings is 1. The second-order valence-electron chi connectivity index (χ2n) is 8.44. The number of aromatic nitrogens is 2. The quantitative estimate of drug-likeness (QED) is 0.341. The van der Waals surface area contributed by atoms with Crippen molar-refractivity contribution in [2.75, 3.05) is 43.4 Å². The maximum atomic E-state index is 6.10. The van der Waals surface area contributed by atoms with Gasteiger partial charge in [-0.15, -0.1) is 0 Å². The van der Waals surface area contributed by atoms with E-state index in [0.717, 1.165) is 54.4 Å². The van der Waals surface area contributed by atoms with Crippen molar-refractivity contribution < 1.29 is 0 Å². The van der Waals surface area contributed by atoms with E-state index in [9.17, 15) is 0 Å². The summed E-state index contributed by atoms with van der Waals surface area (Å²) in [6.07, 6.45) is 0. The minimum absolute atomic E-state index is 0.535. The summed E-state index contributed by atoms with van der Waals surface area (Å²) in [6, 6.07) is 25.7. The Morgan fingerprint density at radius 1 is 0.706 bits per heavy atom. The molecule has 4 aromatic rings. The molecule has 172 valence electrons. The van der Waals surface area contributed by atoms with E-state index in [1.54, 1.807) is 0 Å². The van der Waals surface area contributed by atoms with Gasteiger partial charge >= 0.3 is 0 Å². The zero-order valence-electron chi connectivity index (χ0n) is 18.9. The highest BCUT2D eigenvalue weighted by atomic mass is 35.5. The highest BCUT2D eigenvalue weighted by molar-refractivity contribution is 6.30. The Hall–Kier alpha value is -3.12. The fraction of sp³-hybridized carbons (Fsp3) is 0.185. The van der Waals surface area contributed by atoms with Crippen molar-refractivity contribution in [2.45, 2.75) is 0 Å². The predicted octanol–water partition coefficient (Wildman–Crippen LogP) is 6.61. The Bertz CT molecular complexity index is 1200. The maximum absolute atomic E-state index is 6.10. The summed E-state index contributed by atoms with van der Waals surface area (Å²) in [5.41, 5.74) is 5.72. The zero-order chi connectivity index (χ0) is 23.5. The van der Waals surface area contributed by atoms with Crippen LogP contribution in [0.5, 0.6) is 0 Å². The summed E-state index contributed by atoms with van der Waals surface area (Å²) in [6.45, 7) is 4.16. The average molecular weight is 490 g/mol. The van der Waals surface area contributed by atoms with Crippen LogP contribution >= 0.6 is 23.2 Å². The summed E-state index contributed by atoms with van der Waals surface area (Å²) in [5.74, 6) is 0.535. The molecule has 0 atom stereocenters. The lowest BCUT2D eigenvalue weighted by Crippen LogP contribution is -2.44. The van der Waals surface area contributed by atoms with Crippen LogP contribution in [0, 0.1) is 0 Å². The first-order valence-electron chi connectivity index (χ1n) is 11.2. The second-order valence-corrected chi connectivity index (χ2v) is 9.31. The number of rotatable bonds is 5. The Morgan fingerprint density at radius 3 is 1.82 bits per heavy atom. The molecular weight excluding hydrogens is 465 g/mol. The van der Waals surface area contributed by atoms with E-state index in [1.165, 1.54) is 5.69 Å². The molecule has 1 aromatic heterocycles. The fourth-order valence-corrected chi connectivity index (χ4v) is 4.27. The minimum atomic E-state index is 0.535. The van der Waals surface area contributed by atoms with Crippen LogP contribution in [0.1, 0.15) is 0 Å². The Labute approximate surface area is 210 Å². The molecule has 0 radical (unpaired) electrons. The molecule has 5 nitrogen and oxygen atoms in total. The highest BCUT2D eigenvalue weighted by Gasteiger charge is 2.15. The van der Waals surface area contributed by atoms with Crippen LogP contribution < -0.4 is 10.2 Å². The SMILES string of the molecule is CN1CCN(c2cccc(Nc3nc(-c4ccc(Cl)cc4)cc(-c4ccc(Cl)cc4)n3)c2)CC1. The second kappa shape index (κ2) is 10.0. The van der Waals surface area contributed by atoms with Gasteiger partial charge in [-0.2, -0.15) is 0 Å². The van der Waals surface area contributed by atoms with Crippen molar-refractivity contribution in [2.24, 2.45) is 0 Å². The van der Waals surface area contributed by atoms with Crippen molar-refractivity contribution >= 4 is 40.5 Å².